The molecule has 3 rings (SSSR count). The first kappa shape index (κ1) is 14.9. The third kappa shape index (κ3) is 2.83. The molecule has 1 N–H and O–H groups in total. The number of carbonyl (C=O) groups is 2. The molecule has 0 fully saturated rings. The maximum Gasteiger partial charge on any atom is 0.335 e. The molecule has 0 radical (unpaired) electrons. The van der Waals surface area contributed by atoms with Gasteiger partial charge in [-0.1, -0.05) is 11.6 Å². The van der Waals surface area contributed by atoms with E-state index in [1.165, 1.54) is 6.07 Å². The Hall–Kier alpha value is -3.02. The third-order valence-corrected chi connectivity index (χ3v) is 3.93. The number of carbonyl (C=O) groups excluding carboxylic acids is 2. The predicted molar refractivity (Wildman–Crippen MR) is 84.0 cm³/mol. The van der Waals surface area contributed by atoms with Crippen LogP contribution < -0.4 is 10.9 Å². The van der Waals surface area contributed by atoms with E-state index in [4.69, 9.17) is 0 Å². The van der Waals surface area contributed by atoms with Crippen molar-refractivity contribution in [1.29, 1.82) is 0 Å². The molecular formula is C17H14N2O4. The van der Waals surface area contributed by atoms with Crippen LogP contribution in [0.4, 0.5) is 0 Å². The van der Waals surface area contributed by atoms with E-state index in [9.17, 15) is 14.4 Å². The van der Waals surface area contributed by atoms with Crippen LogP contribution in [0.3, 0.4) is 0 Å². The van der Waals surface area contributed by atoms with Gasteiger partial charge >= 0.3 is 5.63 Å². The molecule has 1 aromatic heterocycles. The maximum atomic E-state index is 12.1. The molecule has 2 aliphatic rings. The summed E-state index contributed by atoms with van der Waals surface area (Å²) < 4.78 is 4.65. The van der Waals surface area contributed by atoms with E-state index in [1.54, 1.807) is 19.1 Å². The fraction of sp³-hybridized carbons (Fsp3) is 0.176. The van der Waals surface area contributed by atoms with Gasteiger partial charge in [-0.25, -0.2) is 9.79 Å². The van der Waals surface area contributed by atoms with E-state index in [-0.39, 0.29) is 17.4 Å². The molecule has 1 aliphatic heterocycles. The Morgan fingerprint density at radius 1 is 1.26 bits per heavy atom. The highest BCUT2D eigenvalue weighted by Crippen LogP contribution is 2.29. The minimum Gasteiger partial charge on any atom is -0.430 e. The summed E-state index contributed by atoms with van der Waals surface area (Å²) in [5.41, 5.74) is 2.47. The van der Waals surface area contributed by atoms with Gasteiger partial charge < -0.3 is 9.73 Å². The Bertz CT molecular complexity index is 864. The second-order valence-corrected chi connectivity index (χ2v) is 5.38. The van der Waals surface area contributed by atoms with E-state index in [2.05, 4.69) is 14.7 Å². The number of rotatable bonds is 1. The van der Waals surface area contributed by atoms with Crippen molar-refractivity contribution in [2.45, 2.75) is 13.8 Å². The van der Waals surface area contributed by atoms with Crippen LogP contribution in [0.5, 0.6) is 0 Å². The standard InChI is InChI=1S/C17H14N2O4/c1-9-10(2)16(21)19-14-7-12(4-5-13(9)14)18-17(22)11-3-6-15(20)23-8-11/h3-8,13H,1-2H3,(H,19,21). The molecule has 0 saturated carbocycles. The second-order valence-electron chi connectivity index (χ2n) is 5.38. The van der Waals surface area contributed by atoms with Gasteiger partial charge in [0.05, 0.1) is 11.3 Å². The summed E-state index contributed by atoms with van der Waals surface area (Å²) in [7, 11) is 0. The summed E-state index contributed by atoms with van der Waals surface area (Å²) in [4.78, 5) is 38.8. The quantitative estimate of drug-likeness (QED) is 0.856. The monoisotopic (exact) mass is 310 g/mol. The summed E-state index contributed by atoms with van der Waals surface area (Å²) in [6.07, 6.45) is 6.38. The summed E-state index contributed by atoms with van der Waals surface area (Å²) in [6.45, 7) is 3.70. The summed E-state index contributed by atoms with van der Waals surface area (Å²) in [5.74, 6) is -0.665. The lowest BCUT2D eigenvalue weighted by Gasteiger charge is -2.28. The zero-order valence-electron chi connectivity index (χ0n) is 12.6. The first-order valence-corrected chi connectivity index (χ1v) is 7.06. The topological polar surface area (TPSA) is 88.7 Å². The van der Waals surface area contributed by atoms with Gasteiger partial charge in [0.2, 0.25) is 0 Å². The molecule has 2 heterocycles. The van der Waals surface area contributed by atoms with Crippen molar-refractivity contribution in [2.75, 3.05) is 0 Å². The number of amides is 2. The van der Waals surface area contributed by atoms with Gasteiger partial charge in [0, 0.05) is 23.3 Å². The number of nitrogens with zero attached hydrogens (tertiary/aromatic N) is 1. The summed E-state index contributed by atoms with van der Waals surface area (Å²) in [6, 6.07) is 2.52. The lowest BCUT2D eigenvalue weighted by Crippen LogP contribution is -2.35. The van der Waals surface area contributed by atoms with Crippen molar-refractivity contribution in [1.82, 2.24) is 5.32 Å². The van der Waals surface area contributed by atoms with Crippen molar-refractivity contribution < 1.29 is 14.0 Å². The molecule has 1 aromatic rings. The van der Waals surface area contributed by atoms with Crippen LogP contribution in [0.25, 0.3) is 0 Å². The Morgan fingerprint density at radius 3 is 2.74 bits per heavy atom. The average Bonchev–Trinajstić information content (AvgIpc) is 2.53. The zero-order valence-corrected chi connectivity index (χ0v) is 12.6. The van der Waals surface area contributed by atoms with E-state index in [1.807, 2.05) is 13.0 Å². The normalized spacial score (nSPS) is 21.8. The first-order valence-electron chi connectivity index (χ1n) is 7.06. The molecule has 0 spiro atoms. The number of nitrogens with one attached hydrogen (secondary N) is 1. The van der Waals surface area contributed by atoms with Gasteiger partial charge in [-0.2, -0.15) is 0 Å². The Kier molecular flexibility index (Phi) is 3.65. The molecule has 0 saturated heterocycles. The fourth-order valence-electron chi connectivity index (χ4n) is 2.46. The first-order chi connectivity index (χ1) is 11.0. The lowest BCUT2D eigenvalue weighted by atomic mass is 9.85. The Balaban J connectivity index is 1.89. The molecule has 116 valence electrons. The van der Waals surface area contributed by atoms with Crippen LogP contribution >= 0.6 is 0 Å². The van der Waals surface area contributed by atoms with Gasteiger partial charge in [-0.3, -0.25) is 9.59 Å². The van der Waals surface area contributed by atoms with Crippen LogP contribution in [-0.4, -0.2) is 17.5 Å². The largest absolute Gasteiger partial charge is 0.430 e. The van der Waals surface area contributed by atoms with Gasteiger partial charge in [0.25, 0.3) is 11.8 Å². The van der Waals surface area contributed by atoms with Crippen LogP contribution in [0.1, 0.15) is 24.2 Å². The van der Waals surface area contributed by atoms with Crippen molar-refractivity contribution >= 4 is 17.5 Å². The fourth-order valence-corrected chi connectivity index (χ4v) is 2.46. The molecule has 23 heavy (non-hydrogen) atoms. The van der Waals surface area contributed by atoms with Gasteiger partial charge in [0.1, 0.15) is 6.26 Å². The minimum absolute atomic E-state index is 0.00324. The highest BCUT2D eigenvalue weighted by Gasteiger charge is 2.27. The molecule has 0 bridgehead atoms. The van der Waals surface area contributed by atoms with Crippen molar-refractivity contribution in [2.24, 2.45) is 10.9 Å². The van der Waals surface area contributed by atoms with Crippen LogP contribution in [0, 0.1) is 5.92 Å². The second kappa shape index (κ2) is 5.64. The molecule has 1 atom stereocenters. The highest BCUT2D eigenvalue weighted by atomic mass is 16.4. The van der Waals surface area contributed by atoms with Crippen LogP contribution in [0.2, 0.25) is 0 Å². The number of fused-ring (bicyclic) bond motifs is 1. The number of hydrogen-bond acceptors (Lipinski definition) is 4. The van der Waals surface area contributed by atoms with Gasteiger partial charge in [0.15, 0.2) is 0 Å². The van der Waals surface area contributed by atoms with Crippen molar-refractivity contribution in [3.8, 4) is 0 Å². The van der Waals surface area contributed by atoms with Gasteiger partial charge in [-0.05, 0) is 32.1 Å². The molecular weight excluding hydrogens is 296 g/mol. The lowest BCUT2D eigenvalue weighted by molar-refractivity contribution is -0.117. The molecule has 1 unspecified atom stereocenters. The molecule has 1 aliphatic carbocycles. The molecule has 6 nitrogen and oxygen atoms in total. The van der Waals surface area contributed by atoms with Crippen molar-refractivity contribution in [3.05, 3.63) is 69.5 Å². The maximum absolute atomic E-state index is 12.1. The van der Waals surface area contributed by atoms with E-state index < -0.39 is 11.5 Å². The molecule has 0 aromatic carbocycles. The third-order valence-electron chi connectivity index (χ3n) is 3.93. The highest BCUT2D eigenvalue weighted by molar-refractivity contribution is 6.14. The number of allylic oxidation sites excluding steroid dienone is 3. The predicted octanol–water partition coefficient (Wildman–Crippen LogP) is 1.76. The van der Waals surface area contributed by atoms with Crippen LogP contribution in [-0.2, 0) is 4.79 Å². The Labute approximate surface area is 131 Å². The smallest absolute Gasteiger partial charge is 0.335 e. The number of aliphatic imine (C=N–C) groups is 1. The summed E-state index contributed by atoms with van der Waals surface area (Å²) >= 11 is 0. The zero-order chi connectivity index (χ0) is 16.6. The SMILES string of the molecule is CC1=C(C)C2C=CC(=NC(=O)c3ccc(=O)oc3)C=C2NC1=O. The van der Waals surface area contributed by atoms with Crippen LogP contribution in [0.15, 0.2) is 67.7 Å². The Morgan fingerprint density at radius 2 is 2.04 bits per heavy atom. The van der Waals surface area contributed by atoms with E-state index in [0.717, 1.165) is 17.9 Å². The van der Waals surface area contributed by atoms with E-state index >= 15 is 0 Å². The average molecular weight is 310 g/mol. The minimum atomic E-state index is -0.528. The molecule has 2 amide bonds. The molecule has 6 heteroatoms. The van der Waals surface area contributed by atoms with Gasteiger partial charge in [-0.15, -0.1) is 0 Å². The van der Waals surface area contributed by atoms with E-state index in [0.29, 0.717) is 17.0 Å². The van der Waals surface area contributed by atoms with Crippen molar-refractivity contribution in [3.63, 3.8) is 0 Å². The summed E-state index contributed by atoms with van der Waals surface area (Å²) in [5, 5.41) is 2.81. The number of hydrogen-bond donors (Lipinski definition) is 1.